The Morgan fingerprint density at radius 2 is 1.54 bits per heavy atom. The minimum atomic E-state index is -1.11. The molecule has 1 unspecified atom stereocenters. The number of aliphatic carboxylic acids is 1. The molecule has 0 aliphatic rings. The zero-order valence-electron chi connectivity index (χ0n) is 14.9. The van der Waals surface area contributed by atoms with Gasteiger partial charge in [-0.1, -0.05) is 30.3 Å². The number of rotatable bonds is 6. The minimum absolute atomic E-state index is 0.166. The van der Waals surface area contributed by atoms with E-state index in [9.17, 15) is 14.4 Å². The van der Waals surface area contributed by atoms with Crippen LogP contribution in [0.3, 0.4) is 0 Å². The molecule has 0 fully saturated rings. The molecule has 2 aromatic carbocycles. The number of anilines is 1. The second kappa shape index (κ2) is 7.82. The van der Waals surface area contributed by atoms with Crippen LogP contribution in [0.25, 0.3) is 0 Å². The maximum Gasteiger partial charge on any atom is 0.325 e. The SMILES string of the molecule is CC(NC(=O)c1ccc(NC(=O)C(C)(C)c2ccccc2)cc1)C(=O)O. The van der Waals surface area contributed by atoms with Crippen molar-refractivity contribution < 1.29 is 19.5 Å². The Morgan fingerprint density at radius 1 is 0.962 bits per heavy atom. The molecule has 2 rings (SSSR count). The number of carbonyl (C=O) groups excluding carboxylic acids is 2. The van der Waals surface area contributed by atoms with Crippen LogP contribution in [-0.4, -0.2) is 28.9 Å². The fourth-order valence-corrected chi connectivity index (χ4v) is 2.32. The van der Waals surface area contributed by atoms with E-state index in [-0.39, 0.29) is 5.91 Å². The van der Waals surface area contributed by atoms with E-state index >= 15 is 0 Å². The van der Waals surface area contributed by atoms with Crippen LogP contribution in [0.2, 0.25) is 0 Å². The molecule has 0 saturated carbocycles. The van der Waals surface area contributed by atoms with Crippen molar-refractivity contribution in [1.29, 1.82) is 0 Å². The topological polar surface area (TPSA) is 95.5 Å². The molecule has 0 heterocycles. The van der Waals surface area contributed by atoms with Gasteiger partial charge in [-0.2, -0.15) is 0 Å². The summed E-state index contributed by atoms with van der Waals surface area (Å²) in [6.07, 6.45) is 0. The van der Waals surface area contributed by atoms with E-state index in [2.05, 4.69) is 10.6 Å². The van der Waals surface area contributed by atoms with Crippen molar-refractivity contribution in [3.05, 3.63) is 65.7 Å². The number of amides is 2. The number of benzene rings is 2. The summed E-state index contributed by atoms with van der Waals surface area (Å²) in [5.74, 6) is -1.76. The summed E-state index contributed by atoms with van der Waals surface area (Å²) in [5.41, 5.74) is 1.06. The zero-order chi connectivity index (χ0) is 19.3. The lowest BCUT2D eigenvalue weighted by molar-refractivity contribution is -0.138. The molecule has 0 bridgehead atoms. The number of carboxylic acids is 1. The van der Waals surface area contributed by atoms with E-state index in [1.165, 1.54) is 19.1 Å². The largest absolute Gasteiger partial charge is 0.480 e. The van der Waals surface area contributed by atoms with Crippen LogP contribution in [0.5, 0.6) is 0 Å². The van der Waals surface area contributed by atoms with E-state index in [1.807, 2.05) is 44.2 Å². The van der Waals surface area contributed by atoms with Gasteiger partial charge in [-0.05, 0) is 50.6 Å². The first kappa shape index (κ1) is 19.2. The van der Waals surface area contributed by atoms with Crippen molar-refractivity contribution in [2.24, 2.45) is 0 Å². The lowest BCUT2D eigenvalue weighted by atomic mass is 9.83. The molecule has 0 aliphatic heterocycles. The summed E-state index contributed by atoms with van der Waals surface area (Å²) >= 11 is 0. The first-order valence-electron chi connectivity index (χ1n) is 8.22. The van der Waals surface area contributed by atoms with Crippen LogP contribution in [0.1, 0.15) is 36.7 Å². The lowest BCUT2D eigenvalue weighted by Gasteiger charge is -2.24. The van der Waals surface area contributed by atoms with E-state index < -0.39 is 23.3 Å². The van der Waals surface area contributed by atoms with Gasteiger partial charge >= 0.3 is 5.97 Å². The summed E-state index contributed by atoms with van der Waals surface area (Å²) in [7, 11) is 0. The standard InChI is InChI=1S/C20H22N2O4/c1-13(18(24)25)21-17(23)14-9-11-16(12-10-14)22-19(26)20(2,3)15-7-5-4-6-8-15/h4-13H,1-3H3,(H,21,23)(H,22,26)(H,24,25). The average molecular weight is 354 g/mol. The van der Waals surface area contributed by atoms with Crippen molar-refractivity contribution in [3.8, 4) is 0 Å². The summed E-state index contributed by atoms with van der Waals surface area (Å²) in [6, 6.07) is 14.8. The third-order valence-electron chi connectivity index (χ3n) is 4.19. The van der Waals surface area contributed by atoms with Gasteiger partial charge in [-0.3, -0.25) is 14.4 Å². The molecule has 3 N–H and O–H groups in total. The van der Waals surface area contributed by atoms with Gasteiger partial charge in [-0.15, -0.1) is 0 Å². The van der Waals surface area contributed by atoms with Gasteiger partial charge in [0.1, 0.15) is 6.04 Å². The van der Waals surface area contributed by atoms with Crippen molar-refractivity contribution in [2.75, 3.05) is 5.32 Å². The maximum absolute atomic E-state index is 12.6. The Labute approximate surface area is 152 Å². The lowest BCUT2D eigenvalue weighted by Crippen LogP contribution is -2.38. The molecule has 26 heavy (non-hydrogen) atoms. The maximum atomic E-state index is 12.6. The summed E-state index contributed by atoms with van der Waals surface area (Å²) in [4.78, 5) is 35.4. The molecule has 0 aromatic heterocycles. The van der Waals surface area contributed by atoms with E-state index in [0.29, 0.717) is 11.3 Å². The quantitative estimate of drug-likeness (QED) is 0.743. The fraction of sp³-hybridized carbons (Fsp3) is 0.250. The minimum Gasteiger partial charge on any atom is -0.480 e. The first-order chi connectivity index (χ1) is 12.2. The highest BCUT2D eigenvalue weighted by atomic mass is 16.4. The van der Waals surface area contributed by atoms with Crippen LogP contribution in [0, 0.1) is 0 Å². The average Bonchev–Trinajstić information content (AvgIpc) is 2.62. The van der Waals surface area contributed by atoms with Gasteiger partial charge in [0.15, 0.2) is 0 Å². The Hall–Kier alpha value is -3.15. The number of nitrogens with one attached hydrogen (secondary N) is 2. The van der Waals surface area contributed by atoms with Gasteiger partial charge in [0.2, 0.25) is 5.91 Å². The van der Waals surface area contributed by atoms with Crippen LogP contribution in [-0.2, 0) is 15.0 Å². The Bertz CT molecular complexity index is 798. The predicted molar refractivity (Wildman–Crippen MR) is 99.1 cm³/mol. The van der Waals surface area contributed by atoms with Crippen molar-refractivity contribution >= 4 is 23.5 Å². The normalized spacial score (nSPS) is 12.1. The second-order valence-electron chi connectivity index (χ2n) is 6.56. The third kappa shape index (κ3) is 4.47. The summed E-state index contributed by atoms with van der Waals surface area (Å²) in [5, 5.41) is 14.0. The van der Waals surface area contributed by atoms with Gasteiger partial charge in [0, 0.05) is 11.3 Å². The fourth-order valence-electron chi connectivity index (χ4n) is 2.32. The first-order valence-corrected chi connectivity index (χ1v) is 8.22. The number of carbonyl (C=O) groups is 3. The number of hydrogen-bond donors (Lipinski definition) is 3. The van der Waals surface area contributed by atoms with E-state index in [1.54, 1.807) is 12.1 Å². The summed E-state index contributed by atoms with van der Waals surface area (Å²) in [6.45, 7) is 5.07. The molecule has 136 valence electrons. The number of carboxylic acid groups (broad SMARTS) is 1. The highest BCUT2D eigenvalue weighted by molar-refractivity contribution is 6.00. The zero-order valence-corrected chi connectivity index (χ0v) is 14.9. The Kier molecular flexibility index (Phi) is 5.77. The molecule has 2 amide bonds. The Balaban J connectivity index is 2.06. The predicted octanol–water partition coefficient (Wildman–Crippen LogP) is 2.81. The highest BCUT2D eigenvalue weighted by Crippen LogP contribution is 2.25. The molecule has 0 radical (unpaired) electrons. The van der Waals surface area contributed by atoms with Crippen LogP contribution >= 0.6 is 0 Å². The number of hydrogen-bond acceptors (Lipinski definition) is 3. The van der Waals surface area contributed by atoms with Crippen molar-refractivity contribution in [2.45, 2.75) is 32.2 Å². The van der Waals surface area contributed by atoms with Crippen molar-refractivity contribution in [3.63, 3.8) is 0 Å². The van der Waals surface area contributed by atoms with E-state index in [0.717, 1.165) is 5.56 Å². The van der Waals surface area contributed by atoms with Gasteiger partial charge in [-0.25, -0.2) is 0 Å². The molecule has 0 spiro atoms. The van der Waals surface area contributed by atoms with Crippen LogP contribution in [0.15, 0.2) is 54.6 Å². The van der Waals surface area contributed by atoms with Gasteiger partial charge in [0.25, 0.3) is 5.91 Å². The molecule has 6 nitrogen and oxygen atoms in total. The van der Waals surface area contributed by atoms with Crippen molar-refractivity contribution in [1.82, 2.24) is 5.32 Å². The molecular weight excluding hydrogens is 332 g/mol. The monoisotopic (exact) mass is 354 g/mol. The highest BCUT2D eigenvalue weighted by Gasteiger charge is 2.29. The molecule has 2 aromatic rings. The molecule has 0 aliphatic carbocycles. The molecule has 6 heteroatoms. The smallest absolute Gasteiger partial charge is 0.325 e. The van der Waals surface area contributed by atoms with Gasteiger partial charge in [0.05, 0.1) is 5.41 Å². The molecular formula is C20H22N2O4. The third-order valence-corrected chi connectivity index (χ3v) is 4.19. The van der Waals surface area contributed by atoms with Crippen LogP contribution in [0.4, 0.5) is 5.69 Å². The summed E-state index contributed by atoms with van der Waals surface area (Å²) < 4.78 is 0. The molecule has 1 atom stereocenters. The van der Waals surface area contributed by atoms with E-state index in [4.69, 9.17) is 5.11 Å². The molecule has 0 saturated heterocycles. The second-order valence-corrected chi connectivity index (χ2v) is 6.56. The Morgan fingerprint density at radius 3 is 2.08 bits per heavy atom. The van der Waals surface area contributed by atoms with Gasteiger partial charge < -0.3 is 15.7 Å². The van der Waals surface area contributed by atoms with Crippen LogP contribution < -0.4 is 10.6 Å².